The third-order valence-corrected chi connectivity index (χ3v) is 6.00. The van der Waals surface area contributed by atoms with Gasteiger partial charge in [0, 0.05) is 24.4 Å². The molecule has 0 aliphatic carbocycles. The minimum atomic E-state index is -4.42. The number of aromatic nitrogens is 3. The largest absolute Gasteiger partial charge is 0.492 e. The zero-order chi connectivity index (χ0) is 23.0. The molecular formula is C22H19F3N4O3S. The molecule has 0 unspecified atom stereocenters. The van der Waals surface area contributed by atoms with Crippen molar-refractivity contribution < 1.29 is 27.2 Å². The number of benzene rings is 2. The SMILES string of the molecule is Cc1ccc(SNc2noc3cc(Cn4cccn4)c4c(c23)OCC4)c(OCC(F)(F)F)c1. The van der Waals surface area contributed by atoms with Gasteiger partial charge in [-0.25, -0.2) is 0 Å². The van der Waals surface area contributed by atoms with Gasteiger partial charge in [-0.05, 0) is 54.3 Å². The highest BCUT2D eigenvalue weighted by Gasteiger charge is 2.29. The summed E-state index contributed by atoms with van der Waals surface area (Å²) in [4.78, 5) is 0.494. The van der Waals surface area contributed by atoms with Crippen LogP contribution in [0.2, 0.25) is 0 Å². The van der Waals surface area contributed by atoms with Crippen LogP contribution in [0.3, 0.4) is 0 Å². The summed E-state index contributed by atoms with van der Waals surface area (Å²) in [7, 11) is 0. The Morgan fingerprint density at radius 3 is 2.94 bits per heavy atom. The second-order valence-corrected chi connectivity index (χ2v) is 8.46. The van der Waals surface area contributed by atoms with E-state index < -0.39 is 12.8 Å². The third-order valence-electron chi connectivity index (χ3n) is 5.15. The molecule has 2 aromatic carbocycles. The molecule has 4 aromatic rings. The molecule has 0 bridgehead atoms. The lowest BCUT2D eigenvalue weighted by Crippen LogP contribution is -2.19. The Balaban J connectivity index is 1.41. The highest BCUT2D eigenvalue weighted by Crippen LogP contribution is 2.42. The average molecular weight is 476 g/mol. The molecule has 172 valence electrons. The summed E-state index contributed by atoms with van der Waals surface area (Å²) in [6.07, 6.45) is -0.0582. The number of fused-ring (bicyclic) bond motifs is 3. The molecule has 0 atom stereocenters. The summed E-state index contributed by atoms with van der Waals surface area (Å²) in [6, 6.07) is 8.86. The van der Waals surface area contributed by atoms with Crippen molar-refractivity contribution in [3.63, 3.8) is 0 Å². The van der Waals surface area contributed by atoms with Crippen molar-refractivity contribution in [1.29, 1.82) is 0 Å². The first kappa shape index (κ1) is 21.5. The van der Waals surface area contributed by atoms with Gasteiger partial charge in [0.1, 0.15) is 16.9 Å². The Bertz CT molecular complexity index is 1290. The summed E-state index contributed by atoms with van der Waals surface area (Å²) in [6.45, 7) is 1.55. The van der Waals surface area contributed by atoms with E-state index in [2.05, 4.69) is 15.0 Å². The maximum absolute atomic E-state index is 12.6. The van der Waals surface area contributed by atoms with Crippen LogP contribution in [-0.2, 0) is 13.0 Å². The number of ether oxygens (including phenoxy) is 2. The molecule has 0 fully saturated rings. The van der Waals surface area contributed by atoms with Gasteiger partial charge in [-0.3, -0.25) is 4.68 Å². The number of hydrogen-bond acceptors (Lipinski definition) is 7. The summed E-state index contributed by atoms with van der Waals surface area (Å²) < 4.78 is 59.3. The first-order valence-electron chi connectivity index (χ1n) is 10.1. The lowest BCUT2D eigenvalue weighted by molar-refractivity contribution is -0.153. The van der Waals surface area contributed by atoms with Crippen LogP contribution in [0.1, 0.15) is 16.7 Å². The first-order valence-corrected chi connectivity index (χ1v) is 11.0. The van der Waals surface area contributed by atoms with Crippen LogP contribution in [0, 0.1) is 6.92 Å². The van der Waals surface area contributed by atoms with Crippen molar-refractivity contribution in [3.05, 3.63) is 59.4 Å². The summed E-state index contributed by atoms with van der Waals surface area (Å²) in [5, 5.41) is 9.09. The third kappa shape index (κ3) is 4.58. The number of anilines is 1. The highest BCUT2D eigenvalue weighted by atomic mass is 32.2. The van der Waals surface area contributed by atoms with E-state index in [1.165, 1.54) is 0 Å². The van der Waals surface area contributed by atoms with Crippen LogP contribution in [0.4, 0.5) is 19.0 Å². The van der Waals surface area contributed by atoms with Gasteiger partial charge in [0.25, 0.3) is 0 Å². The van der Waals surface area contributed by atoms with E-state index in [-0.39, 0.29) is 5.75 Å². The van der Waals surface area contributed by atoms with Gasteiger partial charge in [-0.2, -0.15) is 18.3 Å². The van der Waals surface area contributed by atoms with E-state index in [1.807, 2.05) is 23.0 Å². The molecular weight excluding hydrogens is 457 g/mol. The van der Waals surface area contributed by atoms with Crippen molar-refractivity contribution in [1.82, 2.24) is 14.9 Å². The van der Waals surface area contributed by atoms with Crippen molar-refractivity contribution in [2.24, 2.45) is 0 Å². The fraction of sp³-hybridized carbons (Fsp3) is 0.273. The first-order chi connectivity index (χ1) is 15.9. The minimum absolute atomic E-state index is 0.139. The van der Waals surface area contributed by atoms with Crippen LogP contribution >= 0.6 is 11.9 Å². The molecule has 3 heterocycles. The number of nitrogens with zero attached hydrogens (tertiary/aromatic N) is 3. The average Bonchev–Trinajstić information content (AvgIpc) is 3.51. The molecule has 2 aromatic heterocycles. The number of alkyl halides is 3. The molecule has 0 amide bonds. The molecule has 1 aliphatic rings. The smallest absolute Gasteiger partial charge is 0.422 e. The van der Waals surface area contributed by atoms with Gasteiger partial charge in [-0.15, -0.1) is 0 Å². The molecule has 5 rings (SSSR count). The van der Waals surface area contributed by atoms with Crippen LogP contribution in [0.15, 0.2) is 52.1 Å². The number of nitrogens with one attached hydrogen (secondary N) is 1. The number of aryl methyl sites for hydroxylation is 1. The Hall–Kier alpha value is -3.34. The molecule has 0 radical (unpaired) electrons. The highest BCUT2D eigenvalue weighted by molar-refractivity contribution is 8.00. The van der Waals surface area contributed by atoms with Crippen LogP contribution in [0.25, 0.3) is 11.0 Å². The van der Waals surface area contributed by atoms with Gasteiger partial charge in [0.15, 0.2) is 18.0 Å². The number of halogens is 3. The normalized spacial score (nSPS) is 13.2. The molecule has 33 heavy (non-hydrogen) atoms. The Morgan fingerprint density at radius 1 is 1.27 bits per heavy atom. The van der Waals surface area contributed by atoms with E-state index in [0.717, 1.165) is 35.1 Å². The maximum Gasteiger partial charge on any atom is 0.422 e. The Labute approximate surface area is 191 Å². The second-order valence-electron chi connectivity index (χ2n) is 7.61. The van der Waals surface area contributed by atoms with E-state index in [9.17, 15) is 13.2 Å². The topological polar surface area (TPSA) is 74.3 Å². The molecule has 1 N–H and O–H groups in total. The maximum atomic E-state index is 12.6. The van der Waals surface area contributed by atoms with Gasteiger partial charge >= 0.3 is 6.18 Å². The monoisotopic (exact) mass is 476 g/mol. The number of hydrogen-bond donors (Lipinski definition) is 1. The van der Waals surface area contributed by atoms with Gasteiger partial charge < -0.3 is 18.7 Å². The van der Waals surface area contributed by atoms with Gasteiger partial charge in [0.05, 0.1) is 18.0 Å². The quantitative estimate of drug-likeness (QED) is 0.359. The lowest BCUT2D eigenvalue weighted by atomic mass is 10.0. The molecule has 11 heteroatoms. The zero-order valence-electron chi connectivity index (χ0n) is 17.5. The minimum Gasteiger partial charge on any atom is -0.492 e. The van der Waals surface area contributed by atoms with E-state index in [1.54, 1.807) is 31.3 Å². The zero-order valence-corrected chi connectivity index (χ0v) is 18.3. The van der Waals surface area contributed by atoms with Gasteiger partial charge in [0.2, 0.25) is 0 Å². The standard InChI is InChI=1S/C22H19F3N4O3S/c1-13-3-4-18(16(9-13)31-12-22(23,24)25)33-28-21-19-17(32-27-21)10-14(11-29-7-2-6-26-29)15-5-8-30-20(15)19/h2-4,6-7,9-10H,5,8,11-12H2,1H3,(H,27,28). The molecule has 0 saturated carbocycles. The van der Waals surface area contributed by atoms with Crippen LogP contribution < -0.4 is 14.2 Å². The predicted molar refractivity (Wildman–Crippen MR) is 117 cm³/mol. The number of rotatable bonds is 7. The second kappa shape index (κ2) is 8.54. The molecule has 7 nitrogen and oxygen atoms in total. The fourth-order valence-corrected chi connectivity index (χ4v) is 4.41. The molecule has 0 saturated heterocycles. The molecule has 0 spiro atoms. The van der Waals surface area contributed by atoms with E-state index in [4.69, 9.17) is 14.0 Å². The summed E-state index contributed by atoms with van der Waals surface area (Å²) in [5.74, 6) is 1.28. The van der Waals surface area contributed by atoms with Crippen molar-refractivity contribution in [3.8, 4) is 11.5 Å². The summed E-state index contributed by atoms with van der Waals surface area (Å²) in [5.41, 5.74) is 3.45. The van der Waals surface area contributed by atoms with E-state index in [0.29, 0.717) is 40.6 Å². The van der Waals surface area contributed by atoms with Crippen molar-refractivity contribution in [2.75, 3.05) is 17.9 Å². The van der Waals surface area contributed by atoms with Crippen LogP contribution in [0.5, 0.6) is 11.5 Å². The lowest BCUT2D eigenvalue weighted by Gasteiger charge is -2.14. The van der Waals surface area contributed by atoms with Gasteiger partial charge in [-0.1, -0.05) is 11.2 Å². The Morgan fingerprint density at radius 2 is 2.15 bits per heavy atom. The predicted octanol–water partition coefficient (Wildman–Crippen LogP) is 5.38. The van der Waals surface area contributed by atoms with E-state index >= 15 is 0 Å². The fourth-order valence-electron chi connectivity index (χ4n) is 3.71. The molecule has 1 aliphatic heterocycles. The summed E-state index contributed by atoms with van der Waals surface area (Å²) >= 11 is 1.10. The van der Waals surface area contributed by atoms with Crippen LogP contribution in [-0.4, -0.2) is 34.3 Å². The van der Waals surface area contributed by atoms with Crippen molar-refractivity contribution in [2.45, 2.75) is 31.0 Å². The van der Waals surface area contributed by atoms with Crippen molar-refractivity contribution >= 4 is 28.7 Å². The Kier molecular flexibility index (Phi) is 5.57.